The molecule has 20 heavy (non-hydrogen) atoms. The van der Waals surface area contributed by atoms with Crippen molar-refractivity contribution in [1.82, 2.24) is 0 Å². The van der Waals surface area contributed by atoms with E-state index in [0.717, 1.165) is 30.3 Å². The van der Waals surface area contributed by atoms with Crippen LogP contribution in [0.5, 0.6) is 0 Å². The van der Waals surface area contributed by atoms with Crippen molar-refractivity contribution in [2.24, 2.45) is 0 Å². The SMILES string of the molecule is O=C(O)c1cc(F)ccc1NCc1cc(F)ccc1F. The molecule has 0 amide bonds. The van der Waals surface area contributed by atoms with Gasteiger partial charge in [0.2, 0.25) is 0 Å². The maximum absolute atomic E-state index is 13.4. The lowest BCUT2D eigenvalue weighted by Gasteiger charge is -2.10. The van der Waals surface area contributed by atoms with Crippen LogP contribution >= 0.6 is 0 Å². The first-order valence-electron chi connectivity index (χ1n) is 5.68. The second-order valence-electron chi connectivity index (χ2n) is 4.08. The summed E-state index contributed by atoms with van der Waals surface area (Å²) in [6.07, 6.45) is 0. The molecule has 0 bridgehead atoms. The molecule has 0 fully saturated rings. The zero-order valence-corrected chi connectivity index (χ0v) is 10.2. The highest BCUT2D eigenvalue weighted by molar-refractivity contribution is 5.94. The summed E-state index contributed by atoms with van der Waals surface area (Å²) < 4.78 is 39.4. The summed E-state index contributed by atoms with van der Waals surface area (Å²) in [4.78, 5) is 11.0. The summed E-state index contributed by atoms with van der Waals surface area (Å²) in [7, 11) is 0. The number of rotatable bonds is 4. The van der Waals surface area contributed by atoms with Crippen molar-refractivity contribution in [3.05, 3.63) is 65.0 Å². The molecule has 0 atom stereocenters. The maximum Gasteiger partial charge on any atom is 0.337 e. The molecule has 0 radical (unpaired) electrons. The first-order valence-corrected chi connectivity index (χ1v) is 5.68. The first kappa shape index (κ1) is 13.9. The molecule has 0 aliphatic carbocycles. The molecule has 2 aromatic rings. The van der Waals surface area contributed by atoms with E-state index in [1.807, 2.05) is 0 Å². The first-order chi connectivity index (χ1) is 9.47. The van der Waals surface area contributed by atoms with Crippen molar-refractivity contribution in [2.45, 2.75) is 6.54 Å². The van der Waals surface area contributed by atoms with Crippen molar-refractivity contribution >= 4 is 11.7 Å². The Hall–Kier alpha value is -2.50. The molecule has 2 rings (SSSR count). The Bertz CT molecular complexity index is 659. The Labute approximate surface area is 112 Å². The highest BCUT2D eigenvalue weighted by Crippen LogP contribution is 2.19. The van der Waals surface area contributed by atoms with Crippen molar-refractivity contribution < 1.29 is 23.1 Å². The van der Waals surface area contributed by atoms with Crippen LogP contribution in [0.25, 0.3) is 0 Å². The number of carboxylic acid groups (broad SMARTS) is 1. The maximum atomic E-state index is 13.4. The highest BCUT2D eigenvalue weighted by atomic mass is 19.1. The van der Waals surface area contributed by atoms with Gasteiger partial charge < -0.3 is 10.4 Å². The number of carbonyl (C=O) groups is 1. The number of halogens is 3. The molecule has 0 aliphatic rings. The monoisotopic (exact) mass is 281 g/mol. The molecule has 0 saturated carbocycles. The largest absolute Gasteiger partial charge is 0.478 e. The number of aromatic carboxylic acids is 1. The fraction of sp³-hybridized carbons (Fsp3) is 0.0714. The Morgan fingerprint density at radius 3 is 2.40 bits per heavy atom. The smallest absolute Gasteiger partial charge is 0.337 e. The van der Waals surface area contributed by atoms with E-state index >= 15 is 0 Å². The van der Waals surface area contributed by atoms with Gasteiger partial charge in [0.1, 0.15) is 17.5 Å². The van der Waals surface area contributed by atoms with Crippen LogP contribution in [0.4, 0.5) is 18.9 Å². The Morgan fingerprint density at radius 2 is 1.70 bits per heavy atom. The minimum absolute atomic E-state index is 0.0469. The predicted molar refractivity (Wildman–Crippen MR) is 67.0 cm³/mol. The summed E-state index contributed by atoms with van der Waals surface area (Å²) >= 11 is 0. The lowest BCUT2D eigenvalue weighted by Crippen LogP contribution is -2.08. The van der Waals surface area contributed by atoms with E-state index in [1.165, 1.54) is 6.07 Å². The number of nitrogens with one attached hydrogen (secondary N) is 1. The number of benzene rings is 2. The van der Waals surface area contributed by atoms with E-state index in [1.54, 1.807) is 0 Å². The second-order valence-corrected chi connectivity index (χ2v) is 4.08. The average molecular weight is 281 g/mol. The molecule has 0 aromatic heterocycles. The zero-order valence-electron chi connectivity index (χ0n) is 10.2. The second kappa shape index (κ2) is 5.64. The van der Waals surface area contributed by atoms with Gasteiger partial charge in [-0.1, -0.05) is 0 Å². The van der Waals surface area contributed by atoms with Gasteiger partial charge in [-0.3, -0.25) is 0 Å². The summed E-state index contributed by atoms with van der Waals surface area (Å²) in [6, 6.07) is 6.14. The summed E-state index contributed by atoms with van der Waals surface area (Å²) in [5.74, 6) is -3.21. The number of hydrogen-bond acceptors (Lipinski definition) is 2. The Balaban J connectivity index is 2.23. The fourth-order valence-corrected chi connectivity index (χ4v) is 1.72. The standard InChI is InChI=1S/C14H10F3NO2/c15-9-1-3-12(17)8(5-9)7-18-13-4-2-10(16)6-11(13)14(19)20/h1-6,18H,7H2,(H,19,20). The normalized spacial score (nSPS) is 10.3. The van der Waals surface area contributed by atoms with Gasteiger partial charge in [0, 0.05) is 17.8 Å². The summed E-state index contributed by atoms with van der Waals surface area (Å²) in [5.41, 5.74) is -0.102. The van der Waals surface area contributed by atoms with Crippen LogP contribution in [0.1, 0.15) is 15.9 Å². The van der Waals surface area contributed by atoms with E-state index in [0.29, 0.717) is 0 Å². The van der Waals surface area contributed by atoms with E-state index in [2.05, 4.69) is 5.32 Å². The molecule has 104 valence electrons. The van der Waals surface area contributed by atoms with Crippen LogP contribution in [0, 0.1) is 17.5 Å². The third-order valence-electron chi connectivity index (χ3n) is 2.69. The van der Waals surface area contributed by atoms with Crippen molar-refractivity contribution in [3.8, 4) is 0 Å². The van der Waals surface area contributed by atoms with Crippen LogP contribution in [-0.4, -0.2) is 11.1 Å². The summed E-state index contributed by atoms with van der Waals surface area (Å²) in [5, 5.41) is 11.6. The fourth-order valence-electron chi connectivity index (χ4n) is 1.72. The minimum Gasteiger partial charge on any atom is -0.478 e. The van der Waals surface area contributed by atoms with Gasteiger partial charge in [-0.25, -0.2) is 18.0 Å². The molecule has 0 aliphatic heterocycles. The number of carboxylic acids is 1. The minimum atomic E-state index is -1.31. The van der Waals surface area contributed by atoms with Crippen molar-refractivity contribution in [3.63, 3.8) is 0 Å². The van der Waals surface area contributed by atoms with Gasteiger partial charge in [0.05, 0.1) is 5.56 Å². The van der Waals surface area contributed by atoms with Gasteiger partial charge in [0.15, 0.2) is 0 Å². The molecule has 0 heterocycles. The van der Waals surface area contributed by atoms with E-state index in [4.69, 9.17) is 5.11 Å². The molecule has 6 heteroatoms. The van der Waals surface area contributed by atoms with E-state index in [9.17, 15) is 18.0 Å². The third-order valence-corrected chi connectivity index (χ3v) is 2.69. The zero-order chi connectivity index (χ0) is 14.7. The Morgan fingerprint density at radius 1 is 1.05 bits per heavy atom. The van der Waals surface area contributed by atoms with Crippen LogP contribution in [0.2, 0.25) is 0 Å². The lowest BCUT2D eigenvalue weighted by molar-refractivity contribution is 0.0697. The molecule has 0 saturated heterocycles. The number of hydrogen-bond donors (Lipinski definition) is 2. The van der Waals surface area contributed by atoms with E-state index < -0.39 is 23.4 Å². The molecule has 0 unspecified atom stereocenters. The van der Waals surface area contributed by atoms with Crippen LogP contribution in [0.3, 0.4) is 0 Å². The topological polar surface area (TPSA) is 49.3 Å². The molecule has 2 aromatic carbocycles. The van der Waals surface area contributed by atoms with Crippen LogP contribution in [-0.2, 0) is 6.54 Å². The lowest BCUT2D eigenvalue weighted by atomic mass is 10.1. The average Bonchev–Trinajstić information content (AvgIpc) is 2.40. The van der Waals surface area contributed by atoms with Crippen molar-refractivity contribution in [1.29, 1.82) is 0 Å². The quantitative estimate of drug-likeness (QED) is 0.902. The van der Waals surface area contributed by atoms with Gasteiger partial charge >= 0.3 is 5.97 Å². The summed E-state index contributed by atoms with van der Waals surface area (Å²) in [6.45, 7) is -0.116. The molecular formula is C14H10F3NO2. The molecule has 2 N–H and O–H groups in total. The molecular weight excluding hydrogens is 271 g/mol. The van der Waals surface area contributed by atoms with Gasteiger partial charge in [-0.05, 0) is 36.4 Å². The number of anilines is 1. The Kier molecular flexibility index (Phi) is 3.93. The van der Waals surface area contributed by atoms with Gasteiger partial charge in [-0.2, -0.15) is 0 Å². The third kappa shape index (κ3) is 3.09. The van der Waals surface area contributed by atoms with Crippen LogP contribution in [0.15, 0.2) is 36.4 Å². The van der Waals surface area contributed by atoms with Crippen LogP contribution < -0.4 is 5.32 Å². The van der Waals surface area contributed by atoms with Gasteiger partial charge in [-0.15, -0.1) is 0 Å². The molecule has 3 nitrogen and oxygen atoms in total. The molecule has 0 spiro atoms. The van der Waals surface area contributed by atoms with E-state index in [-0.39, 0.29) is 23.4 Å². The highest BCUT2D eigenvalue weighted by Gasteiger charge is 2.12. The van der Waals surface area contributed by atoms with Gasteiger partial charge in [0.25, 0.3) is 0 Å². The van der Waals surface area contributed by atoms with Crippen molar-refractivity contribution in [2.75, 3.05) is 5.32 Å². The predicted octanol–water partition coefficient (Wildman–Crippen LogP) is 3.41.